The molecule has 0 saturated heterocycles. The summed E-state index contributed by atoms with van der Waals surface area (Å²) in [4.78, 5) is 12.2. The lowest BCUT2D eigenvalue weighted by molar-refractivity contribution is 0.0988. The van der Waals surface area contributed by atoms with Crippen LogP contribution in [0.2, 0.25) is 5.02 Å². The summed E-state index contributed by atoms with van der Waals surface area (Å²) in [5.74, 6) is -0.404. The summed E-state index contributed by atoms with van der Waals surface area (Å²) >= 11 is 5.79. The van der Waals surface area contributed by atoms with Crippen molar-refractivity contribution in [3.63, 3.8) is 0 Å². The average molecular weight is 309 g/mol. The third kappa shape index (κ3) is 3.52. The first-order valence-electron chi connectivity index (χ1n) is 6.24. The van der Waals surface area contributed by atoms with E-state index in [4.69, 9.17) is 21.1 Å². The Morgan fingerprint density at radius 1 is 1.10 bits per heavy atom. The van der Waals surface area contributed by atoms with Gasteiger partial charge in [0.25, 0.3) is 0 Å². The number of halogens is 2. The van der Waals surface area contributed by atoms with Crippen LogP contribution < -0.4 is 9.47 Å². The van der Waals surface area contributed by atoms with Crippen molar-refractivity contribution in [2.75, 3.05) is 14.2 Å². The van der Waals surface area contributed by atoms with Gasteiger partial charge in [0.15, 0.2) is 17.3 Å². The molecule has 2 rings (SSSR count). The molecule has 0 saturated carbocycles. The molecule has 2 aromatic rings. The molecule has 0 aliphatic rings. The molecule has 110 valence electrons. The summed E-state index contributed by atoms with van der Waals surface area (Å²) in [5.41, 5.74) is 0.737. The first kappa shape index (κ1) is 15.3. The van der Waals surface area contributed by atoms with E-state index in [9.17, 15) is 9.18 Å². The average Bonchev–Trinajstić information content (AvgIpc) is 2.49. The predicted molar refractivity (Wildman–Crippen MR) is 79.0 cm³/mol. The highest BCUT2D eigenvalue weighted by Gasteiger charge is 2.17. The number of benzene rings is 2. The fourth-order valence-corrected chi connectivity index (χ4v) is 2.08. The van der Waals surface area contributed by atoms with Gasteiger partial charge in [0.1, 0.15) is 5.82 Å². The second-order valence-corrected chi connectivity index (χ2v) is 4.85. The number of hydrogen-bond donors (Lipinski definition) is 0. The summed E-state index contributed by atoms with van der Waals surface area (Å²) < 4.78 is 24.1. The Morgan fingerprint density at radius 2 is 1.67 bits per heavy atom. The maximum atomic E-state index is 14.0. The number of ketones is 1. The summed E-state index contributed by atoms with van der Waals surface area (Å²) in [6.45, 7) is 0. The fraction of sp³-hybridized carbons (Fsp3) is 0.188. The molecule has 0 amide bonds. The Kier molecular flexibility index (Phi) is 4.81. The molecular weight excluding hydrogens is 295 g/mol. The smallest absolute Gasteiger partial charge is 0.170 e. The van der Waals surface area contributed by atoms with E-state index in [1.54, 1.807) is 24.3 Å². The van der Waals surface area contributed by atoms with Gasteiger partial charge in [-0.1, -0.05) is 23.7 Å². The van der Waals surface area contributed by atoms with E-state index >= 15 is 0 Å². The monoisotopic (exact) mass is 308 g/mol. The van der Waals surface area contributed by atoms with Crippen LogP contribution in [-0.2, 0) is 6.42 Å². The van der Waals surface area contributed by atoms with Gasteiger partial charge in [0.05, 0.1) is 19.8 Å². The van der Waals surface area contributed by atoms with E-state index in [-0.39, 0.29) is 23.5 Å². The highest BCUT2D eigenvalue weighted by molar-refractivity contribution is 6.30. The van der Waals surface area contributed by atoms with Crippen molar-refractivity contribution in [2.24, 2.45) is 0 Å². The zero-order valence-corrected chi connectivity index (χ0v) is 12.4. The van der Waals surface area contributed by atoms with Gasteiger partial charge in [0, 0.05) is 17.5 Å². The largest absolute Gasteiger partial charge is 0.493 e. The zero-order valence-electron chi connectivity index (χ0n) is 11.7. The van der Waals surface area contributed by atoms with Crippen molar-refractivity contribution in [1.82, 2.24) is 0 Å². The molecule has 3 nitrogen and oxygen atoms in total. The van der Waals surface area contributed by atoms with Gasteiger partial charge >= 0.3 is 0 Å². The second-order valence-electron chi connectivity index (χ2n) is 4.41. The topological polar surface area (TPSA) is 35.5 Å². The molecule has 0 aromatic heterocycles. The quantitative estimate of drug-likeness (QED) is 0.785. The molecular formula is C16H14ClFO3. The molecule has 0 bridgehead atoms. The van der Waals surface area contributed by atoms with Crippen LogP contribution in [0.25, 0.3) is 0 Å². The van der Waals surface area contributed by atoms with E-state index < -0.39 is 5.82 Å². The van der Waals surface area contributed by atoms with Crippen LogP contribution in [0, 0.1) is 5.82 Å². The minimum absolute atomic E-state index is 0.0254. The van der Waals surface area contributed by atoms with Crippen LogP contribution in [0.3, 0.4) is 0 Å². The first-order valence-corrected chi connectivity index (χ1v) is 6.62. The zero-order chi connectivity index (χ0) is 15.4. The molecule has 5 heteroatoms. The van der Waals surface area contributed by atoms with Crippen molar-refractivity contribution < 1.29 is 18.7 Å². The number of methoxy groups -OCH3 is 2. The van der Waals surface area contributed by atoms with E-state index in [0.29, 0.717) is 10.8 Å². The van der Waals surface area contributed by atoms with E-state index in [1.807, 2.05) is 0 Å². The molecule has 0 radical (unpaired) electrons. The summed E-state index contributed by atoms with van der Waals surface area (Å²) in [6, 6.07) is 9.35. The standard InChI is InChI=1S/C16H14ClFO3/c1-20-15-8-12(13(18)9-16(15)21-2)14(19)7-10-3-5-11(17)6-4-10/h3-6,8-9H,7H2,1-2H3. The fourth-order valence-electron chi connectivity index (χ4n) is 1.95. The van der Waals surface area contributed by atoms with Gasteiger partial charge in [-0.05, 0) is 23.8 Å². The van der Waals surface area contributed by atoms with Crippen molar-refractivity contribution in [1.29, 1.82) is 0 Å². The molecule has 2 aromatic carbocycles. The maximum absolute atomic E-state index is 14.0. The van der Waals surface area contributed by atoms with Gasteiger partial charge < -0.3 is 9.47 Å². The predicted octanol–water partition coefficient (Wildman–Crippen LogP) is 3.92. The third-order valence-electron chi connectivity index (χ3n) is 3.05. The minimum Gasteiger partial charge on any atom is -0.493 e. The van der Waals surface area contributed by atoms with Gasteiger partial charge in [-0.3, -0.25) is 4.79 Å². The normalized spacial score (nSPS) is 10.3. The number of ether oxygens (including phenoxy) is 2. The highest BCUT2D eigenvalue weighted by Crippen LogP contribution is 2.30. The van der Waals surface area contributed by atoms with E-state index in [2.05, 4.69) is 0 Å². The lowest BCUT2D eigenvalue weighted by atomic mass is 10.0. The van der Waals surface area contributed by atoms with E-state index in [0.717, 1.165) is 11.6 Å². The van der Waals surface area contributed by atoms with Crippen LogP contribution in [0.1, 0.15) is 15.9 Å². The third-order valence-corrected chi connectivity index (χ3v) is 3.30. The highest BCUT2D eigenvalue weighted by atomic mass is 35.5. The molecule has 0 atom stereocenters. The van der Waals surface area contributed by atoms with Gasteiger partial charge in [0.2, 0.25) is 0 Å². The van der Waals surface area contributed by atoms with Crippen LogP contribution in [0.5, 0.6) is 11.5 Å². The summed E-state index contributed by atoms with van der Waals surface area (Å²) in [5, 5.41) is 0.587. The minimum atomic E-state index is -0.633. The Balaban J connectivity index is 2.28. The van der Waals surface area contributed by atoms with Crippen LogP contribution in [0.4, 0.5) is 4.39 Å². The van der Waals surface area contributed by atoms with Crippen molar-refractivity contribution in [3.05, 3.63) is 58.4 Å². The molecule has 0 heterocycles. The Hall–Kier alpha value is -2.07. The van der Waals surface area contributed by atoms with Gasteiger partial charge in [-0.15, -0.1) is 0 Å². The summed E-state index contributed by atoms with van der Waals surface area (Å²) in [7, 11) is 2.84. The molecule has 0 spiro atoms. The van der Waals surface area contributed by atoms with Crippen molar-refractivity contribution in [2.45, 2.75) is 6.42 Å². The van der Waals surface area contributed by atoms with E-state index in [1.165, 1.54) is 20.3 Å². The number of carbonyl (C=O) groups is 1. The number of Topliss-reactive ketones (excluding diaryl/α,β-unsaturated/α-hetero) is 1. The van der Waals surface area contributed by atoms with Crippen molar-refractivity contribution in [3.8, 4) is 11.5 Å². The number of hydrogen-bond acceptors (Lipinski definition) is 3. The number of carbonyl (C=O) groups excluding carboxylic acids is 1. The first-order chi connectivity index (χ1) is 10.0. The molecule has 21 heavy (non-hydrogen) atoms. The van der Waals surface area contributed by atoms with Crippen LogP contribution in [0.15, 0.2) is 36.4 Å². The molecule has 0 aliphatic heterocycles. The Labute approximate surface area is 127 Å². The molecule has 0 fully saturated rings. The second kappa shape index (κ2) is 6.59. The summed E-state index contributed by atoms with van der Waals surface area (Å²) in [6.07, 6.45) is 0.0869. The van der Waals surface area contributed by atoms with Gasteiger partial charge in [-0.2, -0.15) is 0 Å². The number of rotatable bonds is 5. The van der Waals surface area contributed by atoms with Gasteiger partial charge in [-0.25, -0.2) is 4.39 Å². The lowest BCUT2D eigenvalue weighted by Gasteiger charge is -2.10. The Bertz CT molecular complexity index is 653. The maximum Gasteiger partial charge on any atom is 0.170 e. The van der Waals surface area contributed by atoms with Crippen LogP contribution >= 0.6 is 11.6 Å². The Morgan fingerprint density at radius 3 is 2.24 bits per heavy atom. The lowest BCUT2D eigenvalue weighted by Crippen LogP contribution is -2.07. The van der Waals surface area contributed by atoms with Crippen LogP contribution in [-0.4, -0.2) is 20.0 Å². The SMILES string of the molecule is COc1cc(F)c(C(=O)Cc2ccc(Cl)cc2)cc1OC. The molecule has 0 aliphatic carbocycles. The molecule has 0 unspecified atom stereocenters. The van der Waals surface area contributed by atoms with Crippen molar-refractivity contribution >= 4 is 17.4 Å². The molecule has 0 N–H and O–H groups in total.